The van der Waals surface area contributed by atoms with Crippen LogP contribution in [0.2, 0.25) is 0 Å². The Morgan fingerprint density at radius 1 is 1.42 bits per heavy atom. The topological polar surface area (TPSA) is 0 Å². The van der Waals surface area contributed by atoms with Gasteiger partial charge in [0.25, 0.3) is 0 Å². The molecule has 0 unspecified atom stereocenters. The maximum atomic E-state index is 3.64. The van der Waals surface area contributed by atoms with E-state index >= 15 is 0 Å². The summed E-state index contributed by atoms with van der Waals surface area (Å²) in [7, 11) is 0. The Bertz CT molecular complexity index is 44.2. The number of allylic oxidation sites excluding steroid dienone is 1. The van der Waals surface area contributed by atoms with Gasteiger partial charge in [-0.3, -0.25) is 0 Å². The van der Waals surface area contributed by atoms with Crippen molar-refractivity contribution in [2.24, 2.45) is 5.92 Å². The molecule has 0 aliphatic carbocycles. The van der Waals surface area contributed by atoms with E-state index in [2.05, 4.69) is 48.1 Å². The molecule has 0 bridgehead atoms. The molecule has 0 rings (SSSR count). The Kier molecular flexibility index (Phi) is 57.5. The third-order valence-corrected chi connectivity index (χ3v) is 0.354. The van der Waals surface area contributed by atoms with Crippen molar-refractivity contribution in [2.75, 3.05) is 0 Å². The van der Waals surface area contributed by atoms with Crippen molar-refractivity contribution in [1.82, 2.24) is 0 Å². The smallest absolute Gasteiger partial charge is 0 e. The first-order chi connectivity index (χ1) is 5.06. The van der Waals surface area contributed by atoms with E-state index in [0.717, 1.165) is 6.42 Å². The summed E-state index contributed by atoms with van der Waals surface area (Å²) >= 11 is 0. The van der Waals surface area contributed by atoms with Gasteiger partial charge < -0.3 is 13.8 Å². The molecule has 0 aliphatic rings. The van der Waals surface area contributed by atoms with Crippen LogP contribution in [0.15, 0.2) is 12.7 Å². The molecular formula is C11H23Zn-3. The van der Waals surface area contributed by atoms with E-state index in [1.54, 1.807) is 0 Å². The molecule has 0 saturated heterocycles. The van der Waals surface area contributed by atoms with Crippen molar-refractivity contribution in [3.05, 3.63) is 33.4 Å². The van der Waals surface area contributed by atoms with E-state index in [-0.39, 0.29) is 19.5 Å². The normalized spacial score (nSPS) is 6.50. The second kappa shape index (κ2) is 30.3. The molecule has 0 atom stereocenters. The van der Waals surface area contributed by atoms with Gasteiger partial charge in [0.1, 0.15) is 0 Å². The molecule has 0 N–H and O–H groups in total. The number of hydrogen-bond donors (Lipinski definition) is 0. The number of hydrogen-bond acceptors (Lipinski definition) is 0. The molecule has 0 amide bonds. The molecule has 0 nitrogen and oxygen atoms in total. The van der Waals surface area contributed by atoms with E-state index in [0.29, 0.717) is 5.92 Å². The summed E-state index contributed by atoms with van der Waals surface area (Å²) in [4.78, 5) is 0. The van der Waals surface area contributed by atoms with Crippen LogP contribution in [0, 0.1) is 26.7 Å². The van der Waals surface area contributed by atoms with Gasteiger partial charge in [0.05, 0.1) is 0 Å². The quantitative estimate of drug-likeness (QED) is 0.461. The van der Waals surface area contributed by atoms with Crippen LogP contribution >= 0.6 is 0 Å². The zero-order chi connectivity index (χ0) is 9.70. The zero-order valence-electron chi connectivity index (χ0n) is 9.10. The van der Waals surface area contributed by atoms with E-state index < -0.39 is 0 Å². The Morgan fingerprint density at radius 2 is 1.50 bits per heavy atom. The van der Waals surface area contributed by atoms with Gasteiger partial charge in [-0.2, -0.15) is 12.3 Å². The van der Waals surface area contributed by atoms with Crippen molar-refractivity contribution >= 4 is 0 Å². The SMILES string of the molecule is C=C[CH2-].[CH2-]C(C)C.[CH2-]CCC.[Zn]. The Balaban J connectivity index is -0.0000000389. The minimum absolute atomic E-state index is 0. The molecule has 0 aromatic rings. The molecule has 0 aromatic carbocycles. The third kappa shape index (κ3) is 574. The zero-order valence-corrected chi connectivity index (χ0v) is 12.1. The van der Waals surface area contributed by atoms with Gasteiger partial charge in [0.15, 0.2) is 0 Å². The van der Waals surface area contributed by atoms with Gasteiger partial charge in [-0.15, -0.1) is 0 Å². The second-order valence-corrected chi connectivity index (χ2v) is 2.54. The van der Waals surface area contributed by atoms with Crippen LogP contribution in [0.5, 0.6) is 0 Å². The van der Waals surface area contributed by atoms with E-state index in [1.807, 2.05) is 0 Å². The summed E-state index contributed by atoms with van der Waals surface area (Å²) in [5.74, 6) is 0.583. The summed E-state index contributed by atoms with van der Waals surface area (Å²) in [5.41, 5.74) is 0. The first-order valence-electron chi connectivity index (χ1n) is 4.09. The molecule has 0 saturated carbocycles. The van der Waals surface area contributed by atoms with Gasteiger partial charge in [0.2, 0.25) is 0 Å². The molecule has 0 aliphatic heterocycles. The molecule has 0 fully saturated rings. The van der Waals surface area contributed by atoms with E-state index in [9.17, 15) is 0 Å². The van der Waals surface area contributed by atoms with Gasteiger partial charge in [-0.05, 0) is 0 Å². The van der Waals surface area contributed by atoms with Crippen molar-refractivity contribution in [3.8, 4) is 0 Å². The predicted molar refractivity (Wildman–Crippen MR) is 56.0 cm³/mol. The predicted octanol–water partition coefficient (Wildman–Crippen LogP) is 4.10. The van der Waals surface area contributed by atoms with Crippen LogP contribution in [-0.2, 0) is 19.5 Å². The summed E-state index contributed by atoms with van der Waals surface area (Å²) in [5, 5.41) is 0. The minimum Gasteiger partial charge on any atom is -0.343 e. The largest absolute Gasteiger partial charge is 0.343 e. The van der Waals surface area contributed by atoms with Gasteiger partial charge >= 0.3 is 0 Å². The molecule has 72 valence electrons. The van der Waals surface area contributed by atoms with Crippen molar-refractivity contribution in [2.45, 2.75) is 33.6 Å². The summed E-state index contributed by atoms with van der Waals surface area (Å²) in [6.07, 6.45) is 3.78. The van der Waals surface area contributed by atoms with Crippen molar-refractivity contribution in [1.29, 1.82) is 0 Å². The fraction of sp³-hybridized carbons (Fsp3) is 0.545. The molecule has 1 heteroatoms. The molecule has 12 heavy (non-hydrogen) atoms. The first kappa shape index (κ1) is 22.8. The molecular weight excluding hydrogens is 198 g/mol. The van der Waals surface area contributed by atoms with Crippen LogP contribution in [0.3, 0.4) is 0 Å². The minimum atomic E-state index is 0. The van der Waals surface area contributed by atoms with Crippen molar-refractivity contribution < 1.29 is 19.5 Å². The Morgan fingerprint density at radius 3 is 1.50 bits per heavy atom. The summed E-state index contributed by atoms with van der Waals surface area (Å²) in [6.45, 7) is 20.0. The maximum Gasteiger partial charge on any atom is 0 e. The molecule has 0 radical (unpaired) electrons. The Labute approximate surface area is 92.6 Å². The van der Waals surface area contributed by atoms with Crippen LogP contribution in [0.1, 0.15) is 33.6 Å². The fourth-order valence-electron chi connectivity index (χ4n) is 0. The maximum absolute atomic E-state index is 3.64. The van der Waals surface area contributed by atoms with Crippen LogP contribution in [-0.4, -0.2) is 0 Å². The average Bonchev–Trinajstić information content (AvgIpc) is 1.88. The van der Waals surface area contributed by atoms with Gasteiger partial charge in [-0.25, -0.2) is 19.6 Å². The first-order valence-corrected chi connectivity index (χ1v) is 4.09. The average molecular weight is 221 g/mol. The Hall–Kier alpha value is 0.233. The van der Waals surface area contributed by atoms with Gasteiger partial charge in [0, 0.05) is 19.5 Å². The van der Waals surface area contributed by atoms with E-state index in [1.165, 1.54) is 12.5 Å². The molecule has 0 aromatic heterocycles. The molecule has 0 spiro atoms. The van der Waals surface area contributed by atoms with Gasteiger partial charge in [-0.1, -0.05) is 27.2 Å². The summed E-state index contributed by atoms with van der Waals surface area (Å²) < 4.78 is 0. The summed E-state index contributed by atoms with van der Waals surface area (Å²) in [6, 6.07) is 0. The number of rotatable bonds is 1. The van der Waals surface area contributed by atoms with E-state index in [4.69, 9.17) is 0 Å². The third-order valence-electron chi connectivity index (χ3n) is 0.354. The standard InChI is InChI=1S/2C4H9.C3H5.Zn/c1-4(2)3;1-3-4-2;1-3-2;/h4H,1H2,2-3H3;1,3-4H2,2H3;3H,1-2H2;/q3*-1;. The fourth-order valence-corrected chi connectivity index (χ4v) is 0. The monoisotopic (exact) mass is 219 g/mol. The number of unbranched alkanes of at least 4 members (excludes halogenated alkanes) is 1. The van der Waals surface area contributed by atoms with Crippen molar-refractivity contribution in [3.63, 3.8) is 0 Å². The van der Waals surface area contributed by atoms with Crippen LogP contribution in [0.25, 0.3) is 0 Å². The molecule has 0 heterocycles. The van der Waals surface area contributed by atoms with Crippen LogP contribution < -0.4 is 0 Å². The van der Waals surface area contributed by atoms with Crippen LogP contribution in [0.4, 0.5) is 0 Å². The second-order valence-electron chi connectivity index (χ2n) is 2.54.